The van der Waals surface area contributed by atoms with Crippen LogP contribution in [0.4, 0.5) is 10.5 Å². The predicted octanol–water partition coefficient (Wildman–Crippen LogP) is 1.85. The summed E-state index contributed by atoms with van der Waals surface area (Å²) in [5.41, 5.74) is 1.03. The van der Waals surface area contributed by atoms with Crippen molar-refractivity contribution in [1.29, 1.82) is 0 Å². The Morgan fingerprint density at radius 2 is 1.83 bits per heavy atom. The molecule has 2 amide bonds. The first-order valence-electron chi connectivity index (χ1n) is 5.88. The van der Waals surface area contributed by atoms with Crippen LogP contribution in [0, 0.1) is 10.1 Å². The number of hydrogen-bond donors (Lipinski definition) is 2. The van der Waals surface area contributed by atoms with Crippen LogP contribution in [0.3, 0.4) is 0 Å². The molecule has 0 atom stereocenters. The summed E-state index contributed by atoms with van der Waals surface area (Å²) in [6.45, 7) is 3.15. The van der Waals surface area contributed by atoms with Crippen molar-refractivity contribution in [1.82, 2.24) is 10.6 Å². The summed E-state index contributed by atoms with van der Waals surface area (Å²) in [7, 11) is 0. The molecule has 1 aromatic carbocycles. The van der Waals surface area contributed by atoms with Gasteiger partial charge in [-0.2, -0.15) is 0 Å². The average Bonchev–Trinajstić information content (AvgIpc) is 2.37. The number of amides is 2. The molecule has 18 heavy (non-hydrogen) atoms. The Morgan fingerprint density at radius 3 is 2.39 bits per heavy atom. The first kappa shape index (κ1) is 14.0. The summed E-state index contributed by atoms with van der Waals surface area (Å²) < 4.78 is 0. The van der Waals surface area contributed by atoms with Gasteiger partial charge in [-0.3, -0.25) is 10.1 Å². The van der Waals surface area contributed by atoms with Crippen LogP contribution in [0.15, 0.2) is 24.3 Å². The molecule has 0 aromatic heterocycles. The number of nitrogens with one attached hydrogen (secondary N) is 2. The second-order valence-electron chi connectivity index (χ2n) is 3.86. The Balaban J connectivity index is 2.31. The van der Waals surface area contributed by atoms with Gasteiger partial charge in [0.1, 0.15) is 0 Å². The predicted molar refractivity (Wildman–Crippen MR) is 68.5 cm³/mol. The van der Waals surface area contributed by atoms with Crippen molar-refractivity contribution in [3.8, 4) is 0 Å². The minimum absolute atomic E-state index is 0.0763. The maximum atomic E-state index is 11.2. The summed E-state index contributed by atoms with van der Waals surface area (Å²) in [5.74, 6) is 0. The summed E-state index contributed by atoms with van der Waals surface area (Å²) in [6, 6.07) is 6.14. The Bertz CT molecular complexity index is 404. The van der Waals surface area contributed by atoms with Gasteiger partial charge >= 0.3 is 6.03 Å². The van der Waals surface area contributed by atoms with E-state index < -0.39 is 4.92 Å². The topological polar surface area (TPSA) is 84.3 Å². The molecule has 98 valence electrons. The number of nitro benzene ring substituents is 1. The third kappa shape index (κ3) is 4.82. The Morgan fingerprint density at radius 1 is 1.22 bits per heavy atom. The van der Waals surface area contributed by atoms with E-state index in [4.69, 9.17) is 0 Å². The van der Waals surface area contributed by atoms with Crippen molar-refractivity contribution < 1.29 is 9.72 Å². The molecule has 1 rings (SSSR count). The van der Waals surface area contributed by atoms with Crippen molar-refractivity contribution >= 4 is 11.7 Å². The van der Waals surface area contributed by atoms with Gasteiger partial charge in [0.2, 0.25) is 0 Å². The Labute approximate surface area is 106 Å². The molecule has 0 bridgehead atoms. The van der Waals surface area contributed by atoms with Crippen LogP contribution in [0.5, 0.6) is 0 Å². The molecule has 0 fully saturated rings. The largest absolute Gasteiger partial charge is 0.338 e. The van der Waals surface area contributed by atoms with Gasteiger partial charge in [-0.05, 0) is 18.4 Å². The number of hydrogen-bond acceptors (Lipinski definition) is 3. The zero-order valence-corrected chi connectivity index (χ0v) is 10.3. The number of urea groups is 1. The van der Waals surface area contributed by atoms with E-state index in [1.807, 2.05) is 6.92 Å². The first-order chi connectivity index (χ1) is 8.63. The van der Waals surface area contributed by atoms with Crippen molar-refractivity contribution in [2.45, 2.75) is 19.8 Å². The molecule has 6 nitrogen and oxygen atoms in total. The van der Waals surface area contributed by atoms with Crippen molar-refractivity contribution in [3.05, 3.63) is 39.9 Å². The monoisotopic (exact) mass is 251 g/mol. The maximum absolute atomic E-state index is 11.2. The minimum atomic E-state index is -0.430. The molecule has 0 spiro atoms. The molecule has 0 saturated carbocycles. The summed E-state index contributed by atoms with van der Waals surface area (Å²) in [5, 5.41) is 15.9. The van der Waals surface area contributed by atoms with E-state index >= 15 is 0 Å². The second-order valence-corrected chi connectivity index (χ2v) is 3.86. The fourth-order valence-corrected chi connectivity index (χ4v) is 1.41. The first-order valence-corrected chi connectivity index (χ1v) is 5.88. The summed E-state index contributed by atoms with van der Waals surface area (Å²) in [4.78, 5) is 21.2. The number of carbonyl (C=O) groups excluding carboxylic acids is 1. The van der Waals surface area contributed by atoms with Crippen LogP contribution < -0.4 is 10.6 Å². The highest BCUT2D eigenvalue weighted by atomic mass is 16.6. The molecule has 0 heterocycles. The van der Waals surface area contributed by atoms with E-state index in [-0.39, 0.29) is 11.7 Å². The average molecular weight is 251 g/mol. The van der Waals surface area contributed by atoms with Gasteiger partial charge in [-0.1, -0.05) is 19.1 Å². The molecular formula is C12H17N3O3. The zero-order chi connectivity index (χ0) is 13.4. The fourth-order valence-electron chi connectivity index (χ4n) is 1.41. The Hall–Kier alpha value is -2.11. The Kier molecular flexibility index (Phi) is 5.63. The molecule has 0 aliphatic carbocycles. The van der Waals surface area contributed by atoms with Gasteiger partial charge in [0.15, 0.2) is 0 Å². The number of benzene rings is 1. The minimum Gasteiger partial charge on any atom is -0.338 e. The van der Waals surface area contributed by atoms with Gasteiger partial charge in [0.05, 0.1) is 4.92 Å². The van der Waals surface area contributed by atoms with Gasteiger partial charge in [0, 0.05) is 25.2 Å². The number of carbonyl (C=O) groups is 1. The molecule has 2 N–H and O–H groups in total. The molecular weight excluding hydrogens is 234 g/mol. The SMILES string of the molecule is CCCNC(=O)NCCc1ccc([N+](=O)[O-])cc1. The summed E-state index contributed by atoms with van der Waals surface area (Å²) >= 11 is 0. The molecule has 0 saturated heterocycles. The summed E-state index contributed by atoms with van der Waals surface area (Å²) in [6.07, 6.45) is 1.55. The fraction of sp³-hybridized carbons (Fsp3) is 0.417. The normalized spacial score (nSPS) is 9.83. The van der Waals surface area contributed by atoms with Crippen LogP contribution in [0.1, 0.15) is 18.9 Å². The lowest BCUT2D eigenvalue weighted by Gasteiger charge is -2.06. The third-order valence-electron chi connectivity index (χ3n) is 2.38. The molecule has 0 aliphatic heterocycles. The van der Waals surface area contributed by atoms with E-state index in [1.54, 1.807) is 12.1 Å². The van der Waals surface area contributed by atoms with E-state index in [2.05, 4.69) is 10.6 Å². The highest BCUT2D eigenvalue weighted by Gasteiger charge is 2.04. The molecule has 1 aromatic rings. The zero-order valence-electron chi connectivity index (χ0n) is 10.3. The van der Waals surface area contributed by atoms with Gasteiger partial charge in [-0.15, -0.1) is 0 Å². The lowest BCUT2D eigenvalue weighted by Crippen LogP contribution is -2.36. The molecule has 0 radical (unpaired) electrons. The molecule has 6 heteroatoms. The quantitative estimate of drug-likeness (QED) is 0.597. The van der Waals surface area contributed by atoms with Crippen molar-refractivity contribution in [2.75, 3.05) is 13.1 Å². The lowest BCUT2D eigenvalue weighted by atomic mass is 10.1. The number of nitrogens with zero attached hydrogens (tertiary/aromatic N) is 1. The smallest absolute Gasteiger partial charge is 0.314 e. The third-order valence-corrected chi connectivity index (χ3v) is 2.38. The van der Waals surface area contributed by atoms with Crippen LogP contribution in [-0.2, 0) is 6.42 Å². The lowest BCUT2D eigenvalue weighted by molar-refractivity contribution is -0.384. The second kappa shape index (κ2) is 7.26. The highest BCUT2D eigenvalue weighted by molar-refractivity contribution is 5.73. The van der Waals surface area contributed by atoms with Crippen LogP contribution in [0.2, 0.25) is 0 Å². The number of rotatable bonds is 6. The highest BCUT2D eigenvalue weighted by Crippen LogP contribution is 2.11. The van der Waals surface area contributed by atoms with E-state index in [0.29, 0.717) is 19.5 Å². The van der Waals surface area contributed by atoms with E-state index in [9.17, 15) is 14.9 Å². The molecule has 0 aliphatic rings. The van der Waals surface area contributed by atoms with Crippen LogP contribution in [0.25, 0.3) is 0 Å². The van der Waals surface area contributed by atoms with Crippen LogP contribution >= 0.6 is 0 Å². The van der Waals surface area contributed by atoms with Crippen molar-refractivity contribution in [3.63, 3.8) is 0 Å². The standard InChI is InChI=1S/C12H17N3O3/c1-2-8-13-12(16)14-9-7-10-3-5-11(6-4-10)15(17)18/h3-6H,2,7-9H2,1H3,(H2,13,14,16). The van der Waals surface area contributed by atoms with Crippen molar-refractivity contribution in [2.24, 2.45) is 0 Å². The van der Waals surface area contributed by atoms with E-state index in [0.717, 1.165) is 12.0 Å². The van der Waals surface area contributed by atoms with Crippen LogP contribution in [-0.4, -0.2) is 24.0 Å². The number of non-ortho nitro benzene ring substituents is 1. The molecule has 0 unspecified atom stereocenters. The van der Waals surface area contributed by atoms with Gasteiger partial charge in [-0.25, -0.2) is 4.79 Å². The van der Waals surface area contributed by atoms with E-state index in [1.165, 1.54) is 12.1 Å². The maximum Gasteiger partial charge on any atom is 0.314 e. The number of nitro groups is 1. The van der Waals surface area contributed by atoms with Gasteiger partial charge in [0.25, 0.3) is 5.69 Å². The van der Waals surface area contributed by atoms with Gasteiger partial charge < -0.3 is 10.6 Å².